The van der Waals surface area contributed by atoms with Crippen molar-refractivity contribution in [3.63, 3.8) is 0 Å². The maximum absolute atomic E-state index is 12.7. The van der Waals surface area contributed by atoms with E-state index in [0.717, 1.165) is 11.1 Å². The summed E-state index contributed by atoms with van der Waals surface area (Å²) in [6, 6.07) is 4.17. The molecule has 5 nitrogen and oxygen atoms in total. The van der Waals surface area contributed by atoms with Crippen LogP contribution >= 0.6 is 11.6 Å². The summed E-state index contributed by atoms with van der Waals surface area (Å²) in [6.07, 6.45) is -5.07. The van der Waals surface area contributed by atoms with Gasteiger partial charge in [0.1, 0.15) is 0 Å². The van der Waals surface area contributed by atoms with Gasteiger partial charge in [-0.1, -0.05) is 17.7 Å². The van der Waals surface area contributed by atoms with Crippen LogP contribution in [0.25, 0.3) is 10.9 Å². The lowest BCUT2D eigenvalue weighted by Crippen LogP contribution is -2.28. The molecule has 0 aliphatic carbocycles. The maximum atomic E-state index is 12.7. The quantitative estimate of drug-likeness (QED) is 0.858. The van der Waals surface area contributed by atoms with Crippen molar-refractivity contribution in [1.29, 1.82) is 0 Å². The number of halogens is 4. The number of fused-ring (bicyclic) bond motifs is 1. The minimum absolute atomic E-state index is 0.0469. The van der Waals surface area contributed by atoms with Crippen LogP contribution in [0, 0.1) is 0 Å². The molecule has 0 unspecified atom stereocenters. The van der Waals surface area contributed by atoms with Gasteiger partial charge in [-0.2, -0.15) is 13.2 Å². The summed E-state index contributed by atoms with van der Waals surface area (Å²) in [6.45, 7) is 0.135. The second-order valence-electron chi connectivity index (χ2n) is 4.93. The molecule has 124 valence electrons. The van der Waals surface area contributed by atoms with Gasteiger partial charge in [-0.25, -0.2) is 4.79 Å². The van der Waals surface area contributed by atoms with Gasteiger partial charge in [0.15, 0.2) is 0 Å². The standard InChI is InChI=1S/C14H12ClF3N2O3/c1-19(13(22)23)4-5-20-7-10(12(21)14(16,17)18)9-3-2-8(15)6-11(9)20/h2-3,6-7H,4-5H2,1H3,(H,22,23). The van der Waals surface area contributed by atoms with Gasteiger partial charge in [0.2, 0.25) is 0 Å². The SMILES string of the molecule is CN(CCn1cc(C(=O)C(F)(F)F)c2ccc(Cl)cc21)C(=O)O. The molecule has 23 heavy (non-hydrogen) atoms. The van der Waals surface area contributed by atoms with Crippen LogP contribution in [0.3, 0.4) is 0 Å². The molecule has 0 fully saturated rings. The van der Waals surface area contributed by atoms with Gasteiger partial charge < -0.3 is 14.6 Å². The fourth-order valence-electron chi connectivity index (χ4n) is 2.14. The summed E-state index contributed by atoms with van der Waals surface area (Å²) in [5.74, 6) is -1.95. The lowest BCUT2D eigenvalue weighted by Gasteiger charge is -2.13. The van der Waals surface area contributed by atoms with Gasteiger partial charge >= 0.3 is 12.3 Å². The maximum Gasteiger partial charge on any atom is 0.454 e. The Hall–Kier alpha value is -2.22. The van der Waals surface area contributed by atoms with E-state index >= 15 is 0 Å². The van der Waals surface area contributed by atoms with Crippen molar-refractivity contribution in [3.8, 4) is 0 Å². The molecule has 1 aromatic heterocycles. The number of rotatable bonds is 4. The summed E-state index contributed by atoms with van der Waals surface area (Å²) < 4.78 is 39.5. The average Bonchev–Trinajstić information content (AvgIpc) is 2.80. The van der Waals surface area contributed by atoms with Gasteiger partial charge in [0, 0.05) is 36.7 Å². The number of benzene rings is 1. The van der Waals surface area contributed by atoms with E-state index in [2.05, 4.69) is 0 Å². The third-order valence-corrected chi connectivity index (χ3v) is 3.58. The number of hydrogen-bond donors (Lipinski definition) is 1. The third kappa shape index (κ3) is 3.58. The minimum Gasteiger partial charge on any atom is -0.465 e. The Kier molecular flexibility index (Phi) is 4.56. The molecule has 0 atom stereocenters. The molecule has 0 aliphatic heterocycles. The van der Waals surface area contributed by atoms with Crippen LogP contribution in [0.4, 0.5) is 18.0 Å². The Morgan fingerprint density at radius 1 is 1.35 bits per heavy atom. The van der Waals surface area contributed by atoms with E-state index in [0.29, 0.717) is 10.5 Å². The molecule has 0 saturated heterocycles. The predicted molar refractivity (Wildman–Crippen MR) is 78.0 cm³/mol. The number of carbonyl (C=O) groups excluding carboxylic acids is 1. The highest BCUT2D eigenvalue weighted by molar-refractivity contribution is 6.31. The van der Waals surface area contributed by atoms with Crippen molar-refractivity contribution in [2.24, 2.45) is 0 Å². The van der Waals surface area contributed by atoms with Crippen LogP contribution in [0.15, 0.2) is 24.4 Å². The number of nitrogens with zero attached hydrogens (tertiary/aromatic N) is 2. The number of aromatic nitrogens is 1. The zero-order valence-electron chi connectivity index (χ0n) is 11.9. The summed E-state index contributed by atoms with van der Waals surface area (Å²) in [7, 11) is 1.34. The van der Waals surface area contributed by atoms with Crippen molar-refractivity contribution in [1.82, 2.24) is 9.47 Å². The number of amides is 1. The van der Waals surface area contributed by atoms with Crippen LogP contribution < -0.4 is 0 Å². The summed E-state index contributed by atoms with van der Waals surface area (Å²) in [5.41, 5.74) is -0.147. The van der Waals surface area contributed by atoms with Crippen LogP contribution in [-0.2, 0) is 6.54 Å². The zero-order chi connectivity index (χ0) is 17.4. The van der Waals surface area contributed by atoms with E-state index in [9.17, 15) is 22.8 Å². The fourth-order valence-corrected chi connectivity index (χ4v) is 2.30. The zero-order valence-corrected chi connectivity index (χ0v) is 12.6. The van der Waals surface area contributed by atoms with Gasteiger partial charge in [-0.05, 0) is 12.1 Å². The van der Waals surface area contributed by atoms with E-state index in [1.165, 1.54) is 29.8 Å². The van der Waals surface area contributed by atoms with Crippen LogP contribution in [-0.4, -0.2) is 46.2 Å². The summed E-state index contributed by atoms with van der Waals surface area (Å²) in [4.78, 5) is 23.3. The van der Waals surface area contributed by atoms with Crippen LogP contribution in [0.1, 0.15) is 10.4 Å². The van der Waals surface area contributed by atoms with Crippen molar-refractivity contribution in [3.05, 3.63) is 35.0 Å². The molecule has 2 aromatic rings. The molecule has 0 aliphatic rings. The monoisotopic (exact) mass is 348 g/mol. The fraction of sp³-hybridized carbons (Fsp3) is 0.286. The highest BCUT2D eigenvalue weighted by Crippen LogP contribution is 2.30. The second-order valence-corrected chi connectivity index (χ2v) is 5.37. The molecule has 0 spiro atoms. The van der Waals surface area contributed by atoms with E-state index in [-0.39, 0.29) is 18.5 Å². The number of hydrogen-bond acceptors (Lipinski definition) is 2. The molecule has 0 bridgehead atoms. The molecule has 1 heterocycles. The smallest absolute Gasteiger partial charge is 0.454 e. The Bertz CT molecular complexity index is 770. The number of alkyl halides is 3. The second kappa shape index (κ2) is 6.11. The molecule has 0 radical (unpaired) electrons. The Morgan fingerprint density at radius 3 is 2.57 bits per heavy atom. The van der Waals surface area contributed by atoms with E-state index in [1.807, 2.05) is 0 Å². The van der Waals surface area contributed by atoms with Gasteiger partial charge in [0.25, 0.3) is 5.78 Å². The first-order valence-corrected chi connectivity index (χ1v) is 6.83. The molecule has 1 aromatic carbocycles. The lowest BCUT2D eigenvalue weighted by atomic mass is 10.1. The Labute approximate surface area is 133 Å². The lowest BCUT2D eigenvalue weighted by molar-refractivity contribution is -0.0884. The topological polar surface area (TPSA) is 62.5 Å². The highest BCUT2D eigenvalue weighted by atomic mass is 35.5. The number of likely N-dealkylation sites (N-methyl/N-ethyl adjacent to an activating group) is 1. The summed E-state index contributed by atoms with van der Waals surface area (Å²) >= 11 is 5.86. The molecule has 2 rings (SSSR count). The average molecular weight is 349 g/mol. The van der Waals surface area contributed by atoms with Crippen molar-refractivity contribution >= 4 is 34.4 Å². The molecule has 0 saturated carbocycles. The van der Waals surface area contributed by atoms with Gasteiger partial charge in [0.05, 0.1) is 11.1 Å². The number of Topliss-reactive ketones (excluding diaryl/α,β-unsaturated/α-hetero) is 1. The van der Waals surface area contributed by atoms with Crippen LogP contribution in [0.5, 0.6) is 0 Å². The van der Waals surface area contributed by atoms with Crippen LogP contribution in [0.2, 0.25) is 5.02 Å². The van der Waals surface area contributed by atoms with Crippen molar-refractivity contribution in [2.45, 2.75) is 12.7 Å². The Morgan fingerprint density at radius 2 is 2.00 bits per heavy atom. The predicted octanol–water partition coefficient (Wildman–Crippen LogP) is 3.65. The highest BCUT2D eigenvalue weighted by Gasteiger charge is 2.40. The van der Waals surface area contributed by atoms with Crippen molar-refractivity contribution < 1.29 is 27.9 Å². The van der Waals surface area contributed by atoms with E-state index in [4.69, 9.17) is 16.7 Å². The number of ketones is 1. The van der Waals surface area contributed by atoms with E-state index in [1.54, 1.807) is 0 Å². The van der Waals surface area contributed by atoms with Gasteiger partial charge in [-0.3, -0.25) is 4.79 Å². The van der Waals surface area contributed by atoms with Crippen molar-refractivity contribution in [2.75, 3.05) is 13.6 Å². The number of carbonyl (C=O) groups is 2. The normalized spacial score (nSPS) is 11.7. The minimum atomic E-state index is -4.99. The molecule has 9 heteroatoms. The first kappa shape index (κ1) is 17.1. The van der Waals surface area contributed by atoms with Gasteiger partial charge in [-0.15, -0.1) is 0 Å². The number of carboxylic acid groups (broad SMARTS) is 1. The first-order chi connectivity index (χ1) is 10.6. The third-order valence-electron chi connectivity index (χ3n) is 3.35. The molecule has 1 amide bonds. The Balaban J connectivity index is 2.46. The summed E-state index contributed by atoms with van der Waals surface area (Å²) in [5, 5.41) is 9.23. The van der Waals surface area contributed by atoms with E-state index < -0.39 is 23.6 Å². The molecular weight excluding hydrogens is 337 g/mol. The first-order valence-electron chi connectivity index (χ1n) is 6.45. The largest absolute Gasteiger partial charge is 0.465 e. The molecule has 1 N–H and O–H groups in total. The molecular formula is C14H12ClF3N2O3.